The van der Waals surface area contributed by atoms with E-state index in [1.165, 1.54) is 24.5 Å². The Morgan fingerprint density at radius 2 is 1.11 bits per heavy atom. The van der Waals surface area contributed by atoms with Crippen molar-refractivity contribution in [3.05, 3.63) is 111 Å². The number of hydrogen-bond acceptors (Lipinski definition) is 4. The summed E-state index contributed by atoms with van der Waals surface area (Å²) >= 11 is 15.1. The summed E-state index contributed by atoms with van der Waals surface area (Å²) in [4.78, 5) is 12.2. The molecule has 6 aromatic rings. The summed E-state index contributed by atoms with van der Waals surface area (Å²) in [5.41, 5.74) is 1.12. The van der Waals surface area contributed by atoms with E-state index in [0.717, 1.165) is 17.7 Å². The van der Waals surface area contributed by atoms with Crippen LogP contribution in [0.2, 0.25) is 10.0 Å². The molecule has 6 nitrogen and oxygen atoms in total. The van der Waals surface area contributed by atoms with E-state index >= 15 is 0 Å². The number of pyridine rings is 2. The van der Waals surface area contributed by atoms with Crippen LogP contribution >= 0.6 is 39.1 Å². The Balaban J connectivity index is 0.000000195. The van der Waals surface area contributed by atoms with Gasteiger partial charge in [-0.1, -0.05) is 30.6 Å². The molecule has 0 aliphatic rings. The molecule has 0 spiro atoms. The van der Waals surface area contributed by atoms with Crippen molar-refractivity contribution in [3.8, 4) is 11.1 Å². The van der Waals surface area contributed by atoms with Crippen molar-refractivity contribution in [1.29, 1.82) is 0 Å². The zero-order chi connectivity index (χ0) is 32.2. The van der Waals surface area contributed by atoms with E-state index in [4.69, 9.17) is 33.2 Å². The fraction of sp³-hybridized carbons (Fsp3) is 0.103. The molecular formula is C29H22BBrCl2F6N4O2. The maximum atomic E-state index is 12.7. The number of aromatic nitrogens is 4. The lowest BCUT2D eigenvalue weighted by Crippen LogP contribution is -2.29. The van der Waals surface area contributed by atoms with Gasteiger partial charge >= 0.3 is 19.5 Å². The van der Waals surface area contributed by atoms with E-state index in [0.29, 0.717) is 47.4 Å². The first-order valence-electron chi connectivity index (χ1n) is 12.2. The second-order valence-corrected chi connectivity index (χ2v) is 10.7. The number of nitrogens with one attached hydrogen (secondary N) is 2. The minimum atomic E-state index is -4.40. The largest absolute Gasteiger partial charge is 0.488 e. The standard InChI is InChI=1S/C14H8ClF3N2.C9H4BrClF3N.C5H6BNO2.CH4/c15-11-7-12-9(6-13(20-12)14(16,17)18)5-10(11)8-1-3-19-4-2-8;10-5-1-4-2-8(9(12,13)14)15-7(4)3-6(5)11;8-6(9)5-1-3-7-4-2-5;/h1-7,20H;1-3,15H;1-4,8-9H;1H4. The van der Waals surface area contributed by atoms with Crippen molar-refractivity contribution < 1.29 is 36.4 Å². The first kappa shape index (κ1) is 35.9. The molecule has 4 heterocycles. The van der Waals surface area contributed by atoms with Crippen LogP contribution in [-0.4, -0.2) is 37.1 Å². The number of halogens is 9. The van der Waals surface area contributed by atoms with Gasteiger partial charge in [0.2, 0.25) is 0 Å². The molecule has 4 aromatic heterocycles. The smallest absolute Gasteiger partial charge is 0.423 e. The number of alkyl halides is 6. The highest BCUT2D eigenvalue weighted by Crippen LogP contribution is 2.36. The summed E-state index contributed by atoms with van der Waals surface area (Å²) < 4.78 is 75.7. The summed E-state index contributed by atoms with van der Waals surface area (Å²) in [5.74, 6) is 0. The number of rotatable bonds is 2. The zero-order valence-electron chi connectivity index (χ0n) is 21.9. The van der Waals surface area contributed by atoms with Gasteiger partial charge in [0.05, 0.1) is 10.0 Å². The van der Waals surface area contributed by atoms with Gasteiger partial charge in [0.25, 0.3) is 0 Å². The van der Waals surface area contributed by atoms with Gasteiger partial charge in [-0.25, -0.2) is 0 Å². The topological polar surface area (TPSA) is 97.8 Å². The Hall–Kier alpha value is -3.56. The molecule has 0 amide bonds. The molecule has 0 fully saturated rings. The van der Waals surface area contributed by atoms with Crippen LogP contribution in [0.15, 0.2) is 89.9 Å². The molecule has 6 rings (SSSR count). The molecule has 236 valence electrons. The van der Waals surface area contributed by atoms with Crippen molar-refractivity contribution in [1.82, 2.24) is 19.9 Å². The SMILES string of the molecule is C.FC(F)(F)c1cc2cc(-c3ccncc3)c(Cl)cc2[nH]1.FC(F)(F)c1cc2cc(Br)c(Cl)cc2[nH]1.OB(O)c1ccncc1. The van der Waals surface area contributed by atoms with Crippen LogP contribution in [-0.2, 0) is 12.4 Å². The number of hydrogen-bond donors (Lipinski definition) is 4. The molecule has 0 saturated heterocycles. The molecule has 0 aliphatic carbocycles. The first-order chi connectivity index (χ1) is 20.6. The van der Waals surface area contributed by atoms with Crippen LogP contribution in [0.3, 0.4) is 0 Å². The van der Waals surface area contributed by atoms with Crippen molar-refractivity contribution in [2.45, 2.75) is 19.8 Å². The second kappa shape index (κ2) is 14.7. The lowest BCUT2D eigenvalue weighted by molar-refractivity contribution is -0.141. The summed E-state index contributed by atoms with van der Waals surface area (Å²) in [5, 5.41) is 18.8. The number of nitrogens with zero attached hydrogens (tertiary/aromatic N) is 2. The van der Waals surface area contributed by atoms with Crippen molar-refractivity contribution in [2.24, 2.45) is 0 Å². The molecule has 2 aromatic carbocycles. The summed E-state index contributed by atoms with van der Waals surface area (Å²) in [6.45, 7) is 0. The van der Waals surface area contributed by atoms with Gasteiger partial charge in [-0.05, 0) is 87.6 Å². The highest BCUT2D eigenvalue weighted by molar-refractivity contribution is 9.10. The normalized spacial score (nSPS) is 11.3. The van der Waals surface area contributed by atoms with Gasteiger partial charge in [-0.15, -0.1) is 0 Å². The maximum absolute atomic E-state index is 12.7. The van der Waals surface area contributed by atoms with Crippen LogP contribution in [0.4, 0.5) is 26.3 Å². The summed E-state index contributed by atoms with van der Waals surface area (Å²) in [6.07, 6.45) is -2.54. The second-order valence-electron chi connectivity index (χ2n) is 9.02. The van der Waals surface area contributed by atoms with Crippen molar-refractivity contribution in [2.75, 3.05) is 0 Å². The van der Waals surface area contributed by atoms with Gasteiger partial charge < -0.3 is 20.0 Å². The van der Waals surface area contributed by atoms with Gasteiger partial charge in [0.1, 0.15) is 11.4 Å². The first-order valence-corrected chi connectivity index (χ1v) is 13.8. The quantitative estimate of drug-likeness (QED) is 0.106. The number of benzene rings is 2. The maximum Gasteiger partial charge on any atom is 0.488 e. The molecule has 0 saturated carbocycles. The number of fused-ring (bicyclic) bond motifs is 2. The highest BCUT2D eigenvalue weighted by atomic mass is 79.9. The van der Waals surface area contributed by atoms with Gasteiger partial charge in [-0.3, -0.25) is 9.97 Å². The Morgan fingerprint density at radius 1 is 0.667 bits per heavy atom. The van der Waals surface area contributed by atoms with E-state index in [1.54, 1.807) is 48.8 Å². The summed E-state index contributed by atoms with van der Waals surface area (Å²) in [7, 11) is -1.38. The third kappa shape index (κ3) is 9.24. The molecule has 0 atom stereocenters. The van der Waals surface area contributed by atoms with Crippen LogP contribution in [0.1, 0.15) is 18.8 Å². The van der Waals surface area contributed by atoms with Gasteiger partial charge in [0.15, 0.2) is 0 Å². The summed E-state index contributed by atoms with van der Waals surface area (Å²) in [6, 6.07) is 14.9. The van der Waals surface area contributed by atoms with Crippen LogP contribution in [0.25, 0.3) is 32.9 Å². The van der Waals surface area contributed by atoms with Crippen LogP contribution < -0.4 is 5.46 Å². The van der Waals surface area contributed by atoms with Crippen molar-refractivity contribution in [3.63, 3.8) is 0 Å². The Labute approximate surface area is 271 Å². The molecule has 0 radical (unpaired) electrons. The zero-order valence-corrected chi connectivity index (χ0v) is 24.9. The van der Waals surface area contributed by atoms with Crippen LogP contribution in [0.5, 0.6) is 0 Å². The Morgan fingerprint density at radius 3 is 1.56 bits per heavy atom. The van der Waals surface area contributed by atoms with E-state index in [1.807, 2.05) is 0 Å². The minimum absolute atomic E-state index is 0. The van der Waals surface area contributed by atoms with Gasteiger partial charge in [0, 0.05) is 56.6 Å². The third-order valence-corrected chi connectivity index (χ3v) is 7.49. The van der Waals surface area contributed by atoms with Crippen LogP contribution in [0, 0.1) is 0 Å². The average molecular weight is 734 g/mol. The van der Waals surface area contributed by atoms with E-state index in [2.05, 4.69) is 35.9 Å². The van der Waals surface area contributed by atoms with Gasteiger partial charge in [-0.2, -0.15) is 26.3 Å². The fourth-order valence-corrected chi connectivity index (χ4v) is 4.67. The molecule has 0 bridgehead atoms. The van der Waals surface area contributed by atoms with E-state index in [-0.39, 0.29) is 7.43 Å². The predicted octanol–water partition coefficient (Wildman–Crippen LogP) is 8.90. The molecule has 4 N–H and O–H groups in total. The van der Waals surface area contributed by atoms with E-state index in [9.17, 15) is 26.3 Å². The monoisotopic (exact) mass is 732 g/mol. The molecule has 45 heavy (non-hydrogen) atoms. The highest BCUT2D eigenvalue weighted by Gasteiger charge is 2.33. The Bertz CT molecular complexity index is 1830. The third-order valence-electron chi connectivity index (χ3n) is 5.98. The molecular weight excluding hydrogens is 712 g/mol. The molecule has 0 unspecified atom stereocenters. The molecule has 16 heteroatoms. The number of H-pyrrole nitrogens is 2. The fourth-order valence-electron chi connectivity index (χ4n) is 3.87. The predicted molar refractivity (Wildman–Crippen MR) is 168 cm³/mol. The van der Waals surface area contributed by atoms with E-state index < -0.39 is 30.9 Å². The Kier molecular flexibility index (Phi) is 11.7. The molecule has 0 aliphatic heterocycles. The van der Waals surface area contributed by atoms with Crippen molar-refractivity contribution >= 4 is 73.5 Å². The lowest BCUT2D eigenvalue weighted by atomic mass is 9.81. The average Bonchev–Trinajstić information content (AvgIpc) is 3.58. The minimum Gasteiger partial charge on any atom is -0.423 e. The number of aromatic amines is 2. The lowest BCUT2D eigenvalue weighted by Gasteiger charge is -2.04.